The number of aromatic nitrogens is 1. The highest BCUT2D eigenvalue weighted by Crippen LogP contribution is 2.42. The number of carbonyl (C=O) groups excluding carboxylic acids is 3. The lowest BCUT2D eigenvalue weighted by Crippen LogP contribution is -2.20. The molecule has 0 saturated carbocycles. The quantitative estimate of drug-likeness (QED) is 0.442. The summed E-state index contributed by atoms with van der Waals surface area (Å²) in [5, 5.41) is 13.8. The Hall–Kier alpha value is -3.84. The number of rotatable bonds is 3. The number of nitrogens with zero attached hydrogens (tertiary/aromatic N) is 1. The maximum Gasteiger partial charge on any atom is 0.259 e. The molecule has 3 aromatic carbocycles. The molecule has 0 unspecified atom stereocenters. The number of amides is 3. The summed E-state index contributed by atoms with van der Waals surface area (Å²) in [5.41, 5.74) is 8.06. The number of primary amides is 1. The van der Waals surface area contributed by atoms with Gasteiger partial charge in [-0.2, -0.15) is 0 Å². The summed E-state index contributed by atoms with van der Waals surface area (Å²) in [6.07, 6.45) is 0. The number of halogens is 1. The minimum atomic E-state index is -0.567. The Morgan fingerprint density at radius 2 is 1.73 bits per heavy atom. The third kappa shape index (κ3) is 2.49. The smallest absolute Gasteiger partial charge is 0.259 e. The molecule has 4 N–H and O–H groups in total. The van der Waals surface area contributed by atoms with Crippen LogP contribution < -0.4 is 11.1 Å². The van der Waals surface area contributed by atoms with Gasteiger partial charge in [0, 0.05) is 26.9 Å². The van der Waals surface area contributed by atoms with Crippen LogP contribution in [0, 0.1) is 0 Å². The number of fused-ring (bicyclic) bond motifs is 5. The fourth-order valence-corrected chi connectivity index (χ4v) is 4.39. The van der Waals surface area contributed by atoms with Crippen LogP contribution in [0.25, 0.3) is 32.9 Å². The Balaban J connectivity index is 2.02. The zero-order valence-electron chi connectivity index (χ0n) is 15.4. The molecule has 0 spiro atoms. The van der Waals surface area contributed by atoms with Crippen LogP contribution in [0.5, 0.6) is 5.75 Å². The predicted octanol–water partition coefficient (Wildman–Crippen LogP) is 3.19. The van der Waals surface area contributed by atoms with Gasteiger partial charge in [-0.1, -0.05) is 29.8 Å². The first-order valence-corrected chi connectivity index (χ1v) is 9.45. The highest BCUT2D eigenvalue weighted by Gasteiger charge is 2.35. The molecule has 1 aliphatic rings. The van der Waals surface area contributed by atoms with Gasteiger partial charge in [0.15, 0.2) is 0 Å². The Labute approximate surface area is 174 Å². The van der Waals surface area contributed by atoms with Crippen molar-refractivity contribution >= 4 is 51.1 Å². The van der Waals surface area contributed by atoms with E-state index in [4.69, 9.17) is 17.3 Å². The second-order valence-electron chi connectivity index (χ2n) is 7.09. The highest BCUT2D eigenvalue weighted by atomic mass is 35.5. The Kier molecular flexibility index (Phi) is 3.84. The van der Waals surface area contributed by atoms with Crippen molar-refractivity contribution in [1.29, 1.82) is 0 Å². The third-order valence-corrected chi connectivity index (χ3v) is 5.63. The van der Waals surface area contributed by atoms with Crippen LogP contribution >= 0.6 is 11.6 Å². The van der Waals surface area contributed by atoms with E-state index in [-0.39, 0.29) is 23.4 Å². The van der Waals surface area contributed by atoms with Gasteiger partial charge in [0.25, 0.3) is 11.8 Å². The van der Waals surface area contributed by atoms with E-state index >= 15 is 0 Å². The van der Waals surface area contributed by atoms with Crippen LogP contribution in [0.15, 0.2) is 48.5 Å². The van der Waals surface area contributed by atoms with Crippen molar-refractivity contribution in [3.63, 3.8) is 0 Å². The SMILES string of the molecule is NC(=O)Cn1c2ccc(O)cc2c2c3c(c(-c4ccccc4Cl)cc21)C(=O)NC3=O. The summed E-state index contributed by atoms with van der Waals surface area (Å²) < 4.78 is 1.67. The van der Waals surface area contributed by atoms with Crippen LogP contribution in [-0.4, -0.2) is 27.4 Å². The first-order valence-electron chi connectivity index (χ1n) is 9.07. The lowest BCUT2D eigenvalue weighted by Gasteiger charge is -2.11. The summed E-state index contributed by atoms with van der Waals surface area (Å²) in [4.78, 5) is 37.3. The maximum absolute atomic E-state index is 12.8. The first-order chi connectivity index (χ1) is 14.4. The van der Waals surface area contributed by atoms with Gasteiger partial charge in [-0.3, -0.25) is 19.7 Å². The van der Waals surface area contributed by atoms with E-state index in [0.29, 0.717) is 38.0 Å². The van der Waals surface area contributed by atoms with Crippen LogP contribution in [0.1, 0.15) is 20.7 Å². The number of hydrogen-bond donors (Lipinski definition) is 3. The molecule has 30 heavy (non-hydrogen) atoms. The van der Waals surface area contributed by atoms with E-state index in [1.54, 1.807) is 41.0 Å². The van der Waals surface area contributed by atoms with E-state index in [1.165, 1.54) is 12.1 Å². The molecule has 4 aromatic rings. The van der Waals surface area contributed by atoms with E-state index in [9.17, 15) is 19.5 Å². The van der Waals surface area contributed by atoms with Crippen molar-refractivity contribution in [1.82, 2.24) is 9.88 Å². The van der Waals surface area contributed by atoms with E-state index in [2.05, 4.69) is 5.32 Å². The minimum absolute atomic E-state index is 0.00529. The maximum atomic E-state index is 12.8. The molecule has 5 rings (SSSR count). The van der Waals surface area contributed by atoms with Gasteiger partial charge in [0.1, 0.15) is 12.3 Å². The minimum Gasteiger partial charge on any atom is -0.508 e. The first kappa shape index (κ1) is 18.2. The number of imide groups is 1. The number of nitrogens with one attached hydrogen (secondary N) is 1. The summed E-state index contributed by atoms with van der Waals surface area (Å²) >= 11 is 6.39. The lowest BCUT2D eigenvalue weighted by molar-refractivity contribution is -0.118. The van der Waals surface area contributed by atoms with Crippen molar-refractivity contribution in [3.05, 3.63) is 64.7 Å². The molecule has 0 bridgehead atoms. The highest BCUT2D eigenvalue weighted by molar-refractivity contribution is 6.36. The lowest BCUT2D eigenvalue weighted by atomic mass is 9.93. The van der Waals surface area contributed by atoms with Gasteiger partial charge < -0.3 is 15.4 Å². The number of aromatic hydroxyl groups is 1. The van der Waals surface area contributed by atoms with Crippen molar-refractivity contribution in [3.8, 4) is 16.9 Å². The molecule has 8 heteroatoms. The summed E-state index contributed by atoms with van der Waals surface area (Å²) in [6, 6.07) is 13.4. The molecule has 0 saturated heterocycles. The summed E-state index contributed by atoms with van der Waals surface area (Å²) in [7, 11) is 0. The molecule has 0 fully saturated rings. The molecular weight excluding hydrogens is 406 g/mol. The summed E-state index contributed by atoms with van der Waals surface area (Å²) in [6.45, 7) is -0.138. The standard InChI is InChI=1S/C22H14ClN3O4/c23-14-4-2-1-3-11(14)12-8-16-18(20-19(12)21(29)25-22(20)30)13-7-10(27)5-6-15(13)26(16)9-17(24)28/h1-8,27H,9H2,(H2,24,28)(H,25,29,30). The van der Waals surface area contributed by atoms with Gasteiger partial charge in [-0.05, 0) is 35.9 Å². The Bertz CT molecular complexity index is 1440. The number of phenolic OH excluding ortho intramolecular Hbond substituents is 1. The van der Waals surface area contributed by atoms with Crippen LogP contribution in [-0.2, 0) is 11.3 Å². The van der Waals surface area contributed by atoms with Gasteiger partial charge in [0.2, 0.25) is 5.91 Å². The molecule has 0 atom stereocenters. The average Bonchev–Trinajstić information content (AvgIpc) is 3.15. The van der Waals surface area contributed by atoms with Gasteiger partial charge in [-0.15, -0.1) is 0 Å². The zero-order valence-corrected chi connectivity index (χ0v) is 16.2. The van der Waals surface area contributed by atoms with Crippen LogP contribution in [0.4, 0.5) is 0 Å². The largest absolute Gasteiger partial charge is 0.508 e. The van der Waals surface area contributed by atoms with Gasteiger partial charge in [0.05, 0.1) is 16.6 Å². The number of phenols is 1. The van der Waals surface area contributed by atoms with Crippen molar-refractivity contribution < 1.29 is 19.5 Å². The van der Waals surface area contributed by atoms with E-state index in [1.807, 2.05) is 0 Å². The van der Waals surface area contributed by atoms with Gasteiger partial charge in [-0.25, -0.2) is 0 Å². The third-order valence-electron chi connectivity index (χ3n) is 5.30. The monoisotopic (exact) mass is 419 g/mol. The van der Waals surface area contributed by atoms with Crippen molar-refractivity contribution in [2.24, 2.45) is 5.73 Å². The second kappa shape index (κ2) is 6.33. The molecule has 3 amide bonds. The number of hydrogen-bond acceptors (Lipinski definition) is 4. The molecular formula is C22H14ClN3O4. The number of benzene rings is 3. The number of carbonyl (C=O) groups is 3. The second-order valence-corrected chi connectivity index (χ2v) is 7.49. The van der Waals surface area contributed by atoms with E-state index < -0.39 is 17.7 Å². The average molecular weight is 420 g/mol. The van der Waals surface area contributed by atoms with Gasteiger partial charge >= 0.3 is 0 Å². The predicted molar refractivity (Wildman–Crippen MR) is 113 cm³/mol. The molecule has 0 aliphatic carbocycles. The molecule has 148 valence electrons. The molecule has 1 aliphatic heterocycles. The van der Waals surface area contributed by atoms with Crippen molar-refractivity contribution in [2.75, 3.05) is 0 Å². The molecule has 0 radical (unpaired) electrons. The van der Waals surface area contributed by atoms with Crippen LogP contribution in [0.2, 0.25) is 5.02 Å². The summed E-state index contributed by atoms with van der Waals surface area (Å²) in [5.74, 6) is -1.64. The Morgan fingerprint density at radius 1 is 1.00 bits per heavy atom. The fourth-order valence-electron chi connectivity index (χ4n) is 4.15. The molecule has 2 heterocycles. The normalized spacial score (nSPS) is 13.1. The molecule has 1 aromatic heterocycles. The fraction of sp³-hybridized carbons (Fsp3) is 0.0455. The Morgan fingerprint density at radius 3 is 2.47 bits per heavy atom. The van der Waals surface area contributed by atoms with E-state index in [0.717, 1.165) is 0 Å². The zero-order chi connectivity index (χ0) is 21.2. The molecule has 7 nitrogen and oxygen atoms in total. The van der Waals surface area contributed by atoms with Crippen LogP contribution in [0.3, 0.4) is 0 Å². The topological polar surface area (TPSA) is 114 Å². The number of nitrogens with two attached hydrogens (primary N) is 1. The van der Waals surface area contributed by atoms with Crippen molar-refractivity contribution in [2.45, 2.75) is 6.54 Å².